The lowest BCUT2D eigenvalue weighted by Crippen LogP contribution is -2.43. The minimum atomic E-state index is -0.223. The molecule has 3 aliphatic rings. The van der Waals surface area contributed by atoms with Gasteiger partial charge in [-0.1, -0.05) is 18.2 Å². The first-order valence-corrected chi connectivity index (χ1v) is 10.9. The van der Waals surface area contributed by atoms with Crippen LogP contribution in [0.4, 0.5) is 4.79 Å². The maximum Gasteiger partial charge on any atom is 0.410 e. The Labute approximate surface area is 183 Å². The fraction of sp³-hybridized carbons (Fsp3) is 0.480. The topological polar surface area (TPSA) is 65.1 Å². The molecule has 0 bridgehead atoms. The van der Waals surface area contributed by atoms with Gasteiger partial charge in [-0.25, -0.2) is 9.59 Å². The Kier molecular flexibility index (Phi) is 6.19. The molecule has 2 aliphatic heterocycles. The largest absolute Gasteiger partial charge is 0.497 e. The molecule has 2 heterocycles. The van der Waals surface area contributed by atoms with Crippen molar-refractivity contribution >= 4 is 12.0 Å². The van der Waals surface area contributed by atoms with Gasteiger partial charge in [0, 0.05) is 25.4 Å². The second-order valence-corrected chi connectivity index (χ2v) is 8.63. The second kappa shape index (κ2) is 9.03. The highest BCUT2D eigenvalue weighted by Gasteiger charge is 2.35. The number of hydrogen-bond donors (Lipinski definition) is 0. The van der Waals surface area contributed by atoms with Crippen molar-refractivity contribution in [1.82, 2.24) is 4.90 Å². The van der Waals surface area contributed by atoms with Crippen LogP contribution < -0.4 is 4.74 Å². The molecule has 1 aromatic rings. The lowest BCUT2D eigenvalue weighted by Gasteiger charge is -2.34. The summed E-state index contributed by atoms with van der Waals surface area (Å²) in [5, 5.41) is 0. The quantitative estimate of drug-likeness (QED) is 0.680. The highest BCUT2D eigenvalue weighted by molar-refractivity contribution is 5.68. The highest BCUT2D eigenvalue weighted by atomic mass is 16.6. The molecular formula is C25H29NO5. The van der Waals surface area contributed by atoms with E-state index in [1.807, 2.05) is 38.1 Å². The predicted octanol–water partition coefficient (Wildman–Crippen LogP) is 4.19. The van der Waals surface area contributed by atoms with E-state index in [9.17, 15) is 9.59 Å². The second-order valence-electron chi connectivity index (χ2n) is 8.63. The number of carbonyl (C=O) groups is 1. The number of piperidine rings is 1. The molecule has 2 unspecified atom stereocenters. The SMILES string of the molecule is COC1=CC(=C=O)C(c2ccc3c(c2)CC(C2CCN(C(=O)OC(C)C)CC2)O3)C=C1. The number of amides is 1. The predicted molar refractivity (Wildman–Crippen MR) is 117 cm³/mol. The molecule has 4 rings (SSSR count). The third kappa shape index (κ3) is 4.54. The summed E-state index contributed by atoms with van der Waals surface area (Å²) in [5.74, 6) is 3.91. The number of hydrogen-bond acceptors (Lipinski definition) is 5. The molecule has 0 saturated carbocycles. The lowest BCUT2D eigenvalue weighted by molar-refractivity contribution is 0.0503. The maximum absolute atomic E-state index is 12.1. The minimum Gasteiger partial charge on any atom is -0.497 e. The molecule has 0 aromatic heterocycles. The molecule has 2 atom stereocenters. The van der Waals surface area contributed by atoms with Gasteiger partial charge in [0.2, 0.25) is 0 Å². The van der Waals surface area contributed by atoms with Crippen LogP contribution in [0.5, 0.6) is 5.75 Å². The molecule has 6 nitrogen and oxygen atoms in total. The van der Waals surface area contributed by atoms with Gasteiger partial charge in [-0.15, -0.1) is 0 Å². The third-order valence-electron chi connectivity index (χ3n) is 6.24. The first-order valence-electron chi connectivity index (χ1n) is 10.9. The summed E-state index contributed by atoms with van der Waals surface area (Å²) < 4.78 is 16.8. The van der Waals surface area contributed by atoms with Crippen molar-refractivity contribution in [2.75, 3.05) is 20.2 Å². The van der Waals surface area contributed by atoms with Crippen LogP contribution >= 0.6 is 0 Å². The Morgan fingerprint density at radius 2 is 2.03 bits per heavy atom. The minimum absolute atomic E-state index is 0.0998. The van der Waals surface area contributed by atoms with Crippen molar-refractivity contribution in [3.63, 3.8) is 0 Å². The van der Waals surface area contributed by atoms with E-state index >= 15 is 0 Å². The van der Waals surface area contributed by atoms with Gasteiger partial charge in [0.05, 0.1) is 18.8 Å². The van der Waals surface area contributed by atoms with Crippen molar-refractivity contribution in [1.29, 1.82) is 0 Å². The van der Waals surface area contributed by atoms with E-state index in [1.165, 1.54) is 5.56 Å². The van der Waals surface area contributed by atoms with Crippen LogP contribution in [0, 0.1) is 5.92 Å². The summed E-state index contributed by atoms with van der Waals surface area (Å²) in [4.78, 5) is 25.4. The van der Waals surface area contributed by atoms with Crippen LogP contribution in [-0.4, -0.2) is 49.3 Å². The summed E-state index contributed by atoms with van der Waals surface area (Å²) in [5.41, 5.74) is 2.79. The molecule has 0 radical (unpaired) electrons. The summed E-state index contributed by atoms with van der Waals surface area (Å²) in [6, 6.07) is 6.16. The van der Waals surface area contributed by atoms with E-state index in [0.717, 1.165) is 30.6 Å². The van der Waals surface area contributed by atoms with Crippen LogP contribution in [0.3, 0.4) is 0 Å². The van der Waals surface area contributed by atoms with Crippen LogP contribution in [0.15, 0.2) is 47.8 Å². The Morgan fingerprint density at radius 3 is 2.71 bits per heavy atom. The molecule has 0 spiro atoms. The van der Waals surface area contributed by atoms with E-state index in [-0.39, 0.29) is 24.2 Å². The lowest BCUT2D eigenvalue weighted by atomic mass is 9.86. The smallest absolute Gasteiger partial charge is 0.410 e. The number of allylic oxidation sites excluding steroid dienone is 4. The van der Waals surface area contributed by atoms with E-state index in [2.05, 4.69) is 12.0 Å². The molecule has 1 aromatic carbocycles. The molecule has 31 heavy (non-hydrogen) atoms. The number of carbonyl (C=O) groups excluding carboxylic acids is 2. The number of benzene rings is 1. The van der Waals surface area contributed by atoms with Crippen LogP contribution in [0.25, 0.3) is 0 Å². The Hall–Kier alpha value is -2.98. The Bertz CT molecular complexity index is 949. The molecule has 1 saturated heterocycles. The van der Waals surface area contributed by atoms with Gasteiger partial charge in [0.25, 0.3) is 0 Å². The molecule has 1 fully saturated rings. The fourth-order valence-electron chi connectivity index (χ4n) is 4.58. The van der Waals surface area contributed by atoms with Gasteiger partial charge in [-0.3, -0.25) is 0 Å². The highest BCUT2D eigenvalue weighted by Crippen LogP contribution is 2.39. The molecule has 1 amide bonds. The van der Waals surface area contributed by atoms with Gasteiger partial charge in [0.15, 0.2) is 0 Å². The van der Waals surface area contributed by atoms with Gasteiger partial charge < -0.3 is 19.1 Å². The number of fused-ring (bicyclic) bond motifs is 1. The number of nitrogens with zero attached hydrogens (tertiary/aromatic N) is 1. The Morgan fingerprint density at radius 1 is 1.26 bits per heavy atom. The third-order valence-corrected chi connectivity index (χ3v) is 6.24. The zero-order valence-electron chi connectivity index (χ0n) is 18.3. The Balaban J connectivity index is 1.40. The van der Waals surface area contributed by atoms with E-state index in [0.29, 0.717) is 30.3 Å². The van der Waals surface area contributed by atoms with Crippen LogP contribution in [0.2, 0.25) is 0 Å². The summed E-state index contributed by atoms with van der Waals surface area (Å²) in [6.07, 6.45) is 8.06. The van der Waals surface area contributed by atoms with Crippen molar-refractivity contribution in [2.24, 2.45) is 5.92 Å². The molecule has 0 N–H and O–H groups in total. The van der Waals surface area contributed by atoms with Crippen molar-refractivity contribution in [3.05, 3.63) is 58.9 Å². The van der Waals surface area contributed by atoms with Crippen LogP contribution in [0.1, 0.15) is 43.7 Å². The summed E-state index contributed by atoms with van der Waals surface area (Å²) in [6.45, 7) is 5.14. The monoisotopic (exact) mass is 423 g/mol. The van der Waals surface area contributed by atoms with Crippen molar-refractivity contribution < 1.29 is 23.8 Å². The van der Waals surface area contributed by atoms with Gasteiger partial charge in [-0.05, 0) is 62.0 Å². The standard InChI is InChI=1S/C25H29NO5/c1-16(2)30-25(28)26-10-8-17(9-11-26)24-14-19-12-18(4-7-23(19)31-24)22-6-5-21(29-3)13-20(22)15-27/h4-7,12-13,16-17,22,24H,8-11,14H2,1-3H3. The van der Waals surface area contributed by atoms with Gasteiger partial charge in [0.1, 0.15) is 23.6 Å². The van der Waals surface area contributed by atoms with Crippen molar-refractivity contribution in [2.45, 2.75) is 51.2 Å². The first kappa shape index (κ1) is 21.3. The van der Waals surface area contributed by atoms with Gasteiger partial charge >= 0.3 is 6.09 Å². The van der Waals surface area contributed by atoms with E-state index < -0.39 is 0 Å². The fourth-order valence-corrected chi connectivity index (χ4v) is 4.58. The number of rotatable bonds is 4. The van der Waals surface area contributed by atoms with Gasteiger partial charge in [-0.2, -0.15) is 0 Å². The van der Waals surface area contributed by atoms with E-state index in [4.69, 9.17) is 14.2 Å². The zero-order chi connectivity index (χ0) is 22.0. The summed E-state index contributed by atoms with van der Waals surface area (Å²) in [7, 11) is 1.59. The average molecular weight is 424 g/mol. The van der Waals surface area contributed by atoms with Crippen LogP contribution in [-0.2, 0) is 20.7 Å². The normalized spacial score (nSPS) is 23.2. The first-order chi connectivity index (χ1) is 15.0. The average Bonchev–Trinajstić information content (AvgIpc) is 3.21. The zero-order valence-corrected chi connectivity index (χ0v) is 18.3. The molecular weight excluding hydrogens is 394 g/mol. The van der Waals surface area contributed by atoms with Crippen molar-refractivity contribution in [3.8, 4) is 5.75 Å². The number of methoxy groups -OCH3 is 1. The number of ether oxygens (including phenoxy) is 3. The molecule has 1 aliphatic carbocycles. The van der Waals surface area contributed by atoms with E-state index in [1.54, 1.807) is 18.1 Å². The molecule has 164 valence electrons. The molecule has 6 heteroatoms. The summed E-state index contributed by atoms with van der Waals surface area (Å²) >= 11 is 0. The number of likely N-dealkylation sites (tertiary alicyclic amines) is 1. The maximum atomic E-state index is 12.1.